The van der Waals surface area contributed by atoms with Crippen molar-refractivity contribution in [3.05, 3.63) is 0 Å². The maximum absolute atomic E-state index is 10.0. The van der Waals surface area contributed by atoms with Gasteiger partial charge in [0.2, 0.25) is 0 Å². The molecule has 5 nitrogen and oxygen atoms in total. The fourth-order valence-corrected chi connectivity index (χ4v) is 1.76. The first-order chi connectivity index (χ1) is 9.54. The minimum Gasteiger partial charge on any atom is -0.481 e. The summed E-state index contributed by atoms with van der Waals surface area (Å²) in [6, 6.07) is 0. The van der Waals surface area contributed by atoms with Gasteiger partial charge in [-0.05, 0) is 12.8 Å². The third-order valence-corrected chi connectivity index (χ3v) is 2.99. The quantitative estimate of drug-likeness (QED) is 0.407. The Morgan fingerprint density at radius 1 is 0.636 bits per heavy atom. The molecule has 0 rings (SSSR count). The van der Waals surface area contributed by atoms with Crippen molar-refractivity contribution < 1.29 is 47.0 Å². The van der Waals surface area contributed by atoms with E-state index in [1.807, 2.05) is 0 Å². The summed E-state index contributed by atoms with van der Waals surface area (Å²) in [5.74, 6) is -1.34. The maximum Gasteiger partial charge on any atom is 0.303 e. The van der Waals surface area contributed by atoms with Crippen LogP contribution in [0, 0.1) is 0 Å². The molecule has 22 heavy (non-hydrogen) atoms. The van der Waals surface area contributed by atoms with E-state index in [2.05, 4.69) is 13.8 Å². The Balaban J connectivity index is -0.000000135. The van der Waals surface area contributed by atoms with E-state index in [9.17, 15) is 9.59 Å². The molecule has 0 radical (unpaired) electrons. The summed E-state index contributed by atoms with van der Waals surface area (Å²) in [5.41, 5.74) is 0. The third kappa shape index (κ3) is 36.7. The molecule has 0 aromatic heterocycles. The average molecular weight is 354 g/mol. The smallest absolute Gasteiger partial charge is 0.303 e. The van der Waals surface area contributed by atoms with Gasteiger partial charge in [0.1, 0.15) is 0 Å². The fraction of sp³-hybridized carbons (Fsp3) is 0.875. The molecule has 0 aliphatic rings. The average Bonchev–Trinajstić information content (AvgIpc) is 2.38. The number of aliphatic carboxylic acids is 2. The molecule has 0 saturated heterocycles. The number of carboxylic acid groups (broad SMARTS) is 2. The van der Waals surface area contributed by atoms with E-state index in [1.54, 1.807) is 0 Å². The molecule has 4 N–H and O–H groups in total. The van der Waals surface area contributed by atoms with Crippen molar-refractivity contribution in [2.24, 2.45) is 0 Å². The summed E-state index contributed by atoms with van der Waals surface area (Å²) in [7, 11) is 0. The summed E-state index contributed by atoms with van der Waals surface area (Å²) in [4.78, 5) is 20.1. The SMILES string of the molecule is CCCCCCCC(=O)O.CCCCCCCC(=O)O.O.[Ti]. The van der Waals surface area contributed by atoms with E-state index in [-0.39, 0.29) is 27.2 Å². The van der Waals surface area contributed by atoms with Crippen LogP contribution in [-0.2, 0) is 31.3 Å². The minimum atomic E-state index is -0.670. The van der Waals surface area contributed by atoms with Crippen LogP contribution in [0.2, 0.25) is 0 Å². The fourth-order valence-electron chi connectivity index (χ4n) is 1.76. The Morgan fingerprint density at radius 2 is 0.909 bits per heavy atom. The van der Waals surface area contributed by atoms with Gasteiger partial charge in [0.25, 0.3) is 0 Å². The number of hydrogen-bond donors (Lipinski definition) is 2. The predicted molar refractivity (Wildman–Crippen MR) is 85.6 cm³/mol. The van der Waals surface area contributed by atoms with Crippen LogP contribution in [0.1, 0.15) is 90.9 Å². The topological polar surface area (TPSA) is 106 Å². The molecular weight excluding hydrogens is 320 g/mol. The Morgan fingerprint density at radius 3 is 1.14 bits per heavy atom. The number of unbranched alkanes of at least 4 members (excludes halogenated alkanes) is 8. The molecule has 0 heterocycles. The molecule has 0 unspecified atom stereocenters. The monoisotopic (exact) mass is 354 g/mol. The zero-order chi connectivity index (χ0) is 15.6. The van der Waals surface area contributed by atoms with Crippen LogP contribution in [0.15, 0.2) is 0 Å². The molecule has 6 heteroatoms. The van der Waals surface area contributed by atoms with Gasteiger partial charge in [-0.1, -0.05) is 65.2 Å². The van der Waals surface area contributed by atoms with Gasteiger partial charge in [-0.25, -0.2) is 0 Å². The first kappa shape index (κ1) is 29.6. The summed E-state index contributed by atoms with van der Waals surface area (Å²) in [5, 5.41) is 16.5. The Bertz CT molecular complexity index is 211. The van der Waals surface area contributed by atoms with Crippen molar-refractivity contribution in [3.63, 3.8) is 0 Å². The summed E-state index contributed by atoms with van der Waals surface area (Å²) < 4.78 is 0. The van der Waals surface area contributed by atoms with Gasteiger partial charge in [-0.15, -0.1) is 0 Å². The van der Waals surface area contributed by atoms with Crippen LogP contribution in [0.25, 0.3) is 0 Å². The molecule has 0 aromatic carbocycles. The van der Waals surface area contributed by atoms with Crippen LogP contribution in [0.4, 0.5) is 0 Å². The Hall–Kier alpha value is -0.386. The third-order valence-electron chi connectivity index (χ3n) is 2.99. The Kier molecular flexibility index (Phi) is 34.4. The molecule has 0 aliphatic heterocycles. The molecule has 0 amide bonds. The van der Waals surface area contributed by atoms with Crippen molar-refractivity contribution >= 4 is 11.9 Å². The maximum atomic E-state index is 10.0. The molecule has 0 saturated carbocycles. The second-order valence-electron chi connectivity index (χ2n) is 5.12. The molecular formula is C16H34O5Ti. The molecule has 0 aromatic rings. The number of hydrogen-bond acceptors (Lipinski definition) is 2. The van der Waals surface area contributed by atoms with E-state index in [0.29, 0.717) is 12.8 Å². The molecule has 0 aliphatic carbocycles. The van der Waals surface area contributed by atoms with Gasteiger partial charge in [-0.2, -0.15) is 0 Å². The van der Waals surface area contributed by atoms with Crippen LogP contribution < -0.4 is 0 Å². The summed E-state index contributed by atoms with van der Waals surface area (Å²) >= 11 is 0. The van der Waals surface area contributed by atoms with Crippen molar-refractivity contribution in [1.82, 2.24) is 0 Å². The zero-order valence-electron chi connectivity index (χ0n) is 14.2. The van der Waals surface area contributed by atoms with Crippen LogP contribution >= 0.6 is 0 Å². The van der Waals surface area contributed by atoms with Crippen molar-refractivity contribution in [2.75, 3.05) is 0 Å². The first-order valence-corrected chi connectivity index (χ1v) is 7.98. The summed E-state index contributed by atoms with van der Waals surface area (Å²) in [6.45, 7) is 4.30. The molecule has 0 atom stereocenters. The Labute approximate surface area is 150 Å². The number of rotatable bonds is 12. The van der Waals surface area contributed by atoms with Crippen molar-refractivity contribution in [1.29, 1.82) is 0 Å². The molecule has 0 spiro atoms. The minimum absolute atomic E-state index is 0. The first-order valence-electron chi connectivity index (χ1n) is 7.98. The van der Waals surface area contributed by atoms with Gasteiger partial charge >= 0.3 is 11.9 Å². The number of carboxylic acids is 2. The van der Waals surface area contributed by atoms with E-state index in [1.165, 1.54) is 38.5 Å². The summed E-state index contributed by atoms with van der Waals surface area (Å²) in [6.07, 6.45) is 11.8. The molecule has 132 valence electrons. The van der Waals surface area contributed by atoms with E-state index in [0.717, 1.165) is 25.7 Å². The number of carbonyl (C=O) groups is 2. The second-order valence-corrected chi connectivity index (χ2v) is 5.12. The van der Waals surface area contributed by atoms with Gasteiger partial charge < -0.3 is 15.7 Å². The van der Waals surface area contributed by atoms with Gasteiger partial charge in [0, 0.05) is 34.6 Å². The van der Waals surface area contributed by atoms with E-state index in [4.69, 9.17) is 10.2 Å². The van der Waals surface area contributed by atoms with E-state index >= 15 is 0 Å². The van der Waals surface area contributed by atoms with Gasteiger partial charge in [0.15, 0.2) is 0 Å². The molecule has 0 fully saturated rings. The van der Waals surface area contributed by atoms with Gasteiger partial charge in [0.05, 0.1) is 0 Å². The second kappa shape index (κ2) is 25.6. The van der Waals surface area contributed by atoms with Crippen molar-refractivity contribution in [3.8, 4) is 0 Å². The zero-order valence-corrected chi connectivity index (χ0v) is 15.8. The normalized spacial score (nSPS) is 8.82. The standard InChI is InChI=1S/2C8H16O2.H2O.Ti/c2*1-2-3-4-5-6-7-8(9)10;;/h2*2-7H2,1H3,(H,9,10);1H2;. The van der Waals surface area contributed by atoms with Crippen LogP contribution in [-0.4, -0.2) is 27.6 Å². The van der Waals surface area contributed by atoms with Crippen molar-refractivity contribution in [2.45, 2.75) is 90.9 Å². The predicted octanol–water partition coefficient (Wildman–Crippen LogP) is 4.04. The van der Waals surface area contributed by atoms with Gasteiger partial charge in [-0.3, -0.25) is 9.59 Å². The molecule has 0 bridgehead atoms. The van der Waals surface area contributed by atoms with Crippen LogP contribution in [0.5, 0.6) is 0 Å². The largest absolute Gasteiger partial charge is 0.481 e. The van der Waals surface area contributed by atoms with Crippen LogP contribution in [0.3, 0.4) is 0 Å². The van der Waals surface area contributed by atoms with E-state index < -0.39 is 11.9 Å².